The lowest BCUT2D eigenvalue weighted by Crippen LogP contribution is -2.53. The summed E-state index contributed by atoms with van der Waals surface area (Å²) in [5.41, 5.74) is 5.05. The predicted molar refractivity (Wildman–Crippen MR) is 160 cm³/mol. The fourth-order valence-corrected chi connectivity index (χ4v) is 23.2. The predicted octanol–water partition coefficient (Wildman–Crippen LogP) is 9.57. The number of hydrogen-bond donors (Lipinski definition) is 0. The van der Waals surface area contributed by atoms with E-state index in [9.17, 15) is 0 Å². The molecule has 8 fully saturated rings. The van der Waals surface area contributed by atoms with Crippen LogP contribution in [0.15, 0.2) is 22.9 Å². The molecular weight excluding hydrogens is 471 g/mol. The molecule has 3 heteroatoms. The Labute approximate surface area is 220 Å². The van der Waals surface area contributed by atoms with E-state index in [0.717, 1.165) is 64.2 Å². The van der Waals surface area contributed by atoms with Crippen molar-refractivity contribution in [1.82, 2.24) is 0 Å². The Morgan fingerprint density at radius 3 is 1.37 bits per heavy atom. The largest absolute Gasteiger partial charge is 0.0947 e. The highest BCUT2D eigenvalue weighted by atomic mass is 31.1. The summed E-state index contributed by atoms with van der Waals surface area (Å²) in [6.45, 7) is 16.0. The minimum Gasteiger partial charge on any atom is -0.0947 e. The van der Waals surface area contributed by atoms with E-state index in [1.54, 1.807) is 70.4 Å². The Bertz CT molecular complexity index is 819. The molecule has 8 bridgehead atoms. The van der Waals surface area contributed by atoms with E-state index in [1.165, 1.54) is 0 Å². The van der Waals surface area contributed by atoms with Crippen molar-refractivity contribution in [3.8, 4) is 0 Å². The molecule has 0 amide bonds. The lowest BCUT2D eigenvalue weighted by molar-refractivity contribution is 0.0131. The van der Waals surface area contributed by atoms with Crippen LogP contribution in [0.25, 0.3) is 0 Å². The lowest BCUT2D eigenvalue weighted by Gasteiger charge is -2.62. The zero-order valence-corrected chi connectivity index (χ0v) is 26.6. The van der Waals surface area contributed by atoms with Crippen LogP contribution >= 0.6 is 7.92 Å². The number of allylic oxidation sites excluding steroid dienone is 4. The molecule has 0 aromatic heterocycles. The molecule has 194 valence electrons. The standard InChI is InChI=1S/C32H53PSi2/c1-34(2,3)29-8-7-24(32(29)35(4,5)6)19-33(30-25-11-20-9-21(13-25)14-26(30)12-20)31-27-15-22-10-23(17-27)18-28(31)16-22/h7-8,20-23,25-31H,9-19H2,1-6H3. The second-order valence-corrected chi connectivity index (χ2v) is 29.8. The van der Waals surface area contributed by atoms with Crippen molar-refractivity contribution in [1.29, 1.82) is 0 Å². The molecular formula is C32H53PSi2. The molecule has 0 nitrogen and oxygen atoms in total. The highest BCUT2D eigenvalue weighted by Gasteiger charge is 2.57. The van der Waals surface area contributed by atoms with Crippen molar-refractivity contribution >= 4 is 24.1 Å². The van der Waals surface area contributed by atoms with Crippen molar-refractivity contribution in [2.75, 3.05) is 6.16 Å². The van der Waals surface area contributed by atoms with Gasteiger partial charge in [-0.3, -0.25) is 0 Å². The first-order valence-corrected chi connectivity index (χ1v) is 24.5. The van der Waals surface area contributed by atoms with Crippen molar-refractivity contribution in [2.24, 2.45) is 47.3 Å². The monoisotopic (exact) mass is 524 g/mol. The molecule has 0 N–H and O–H groups in total. The quantitative estimate of drug-likeness (QED) is 0.240. The zero-order chi connectivity index (χ0) is 24.3. The van der Waals surface area contributed by atoms with E-state index < -0.39 is 16.1 Å². The topological polar surface area (TPSA) is 0 Å². The minimum atomic E-state index is -1.33. The molecule has 0 spiro atoms. The molecule has 0 aromatic carbocycles. The maximum atomic E-state index is 2.73. The maximum Gasteiger partial charge on any atom is 0.0732 e. The SMILES string of the molecule is C[Si](C)(C)C1=C(CP(C2C3CC4CC(C3)CC2C4)C2C3CC4CC(C3)CC2C4)C=CC1[Si](C)(C)C. The molecule has 0 saturated heterocycles. The van der Waals surface area contributed by atoms with E-state index in [4.69, 9.17) is 0 Å². The van der Waals surface area contributed by atoms with Gasteiger partial charge in [0, 0.05) is 0 Å². The Hall–Kier alpha value is 0.344. The van der Waals surface area contributed by atoms with Gasteiger partial charge in [-0.05, 0) is 140 Å². The summed E-state index contributed by atoms with van der Waals surface area (Å²) in [7, 11) is -2.42. The molecule has 9 rings (SSSR count). The summed E-state index contributed by atoms with van der Waals surface area (Å²) in [5.74, 6) is 9.03. The Kier molecular flexibility index (Phi) is 5.87. The minimum absolute atomic E-state index is 0.128. The van der Waals surface area contributed by atoms with Crippen LogP contribution in [0.1, 0.15) is 64.2 Å². The Morgan fingerprint density at radius 1 is 0.629 bits per heavy atom. The molecule has 0 radical (unpaired) electrons. The summed E-state index contributed by atoms with van der Waals surface area (Å²) in [5, 5.41) is 2.02. The Balaban J connectivity index is 1.28. The van der Waals surface area contributed by atoms with Crippen molar-refractivity contribution < 1.29 is 0 Å². The van der Waals surface area contributed by atoms with Crippen molar-refractivity contribution in [2.45, 2.75) is 120 Å². The normalized spacial score (nSPS) is 48.9. The van der Waals surface area contributed by atoms with Gasteiger partial charge in [0.2, 0.25) is 0 Å². The van der Waals surface area contributed by atoms with Crippen LogP contribution < -0.4 is 0 Å². The van der Waals surface area contributed by atoms with Gasteiger partial charge in [0.1, 0.15) is 0 Å². The van der Waals surface area contributed by atoms with Gasteiger partial charge in [-0.2, -0.15) is 0 Å². The van der Waals surface area contributed by atoms with Crippen molar-refractivity contribution in [3.05, 3.63) is 22.9 Å². The molecule has 9 aliphatic rings. The zero-order valence-electron chi connectivity index (χ0n) is 23.7. The van der Waals surface area contributed by atoms with Crippen LogP contribution in [-0.4, -0.2) is 33.6 Å². The third-order valence-electron chi connectivity index (χ3n) is 12.4. The van der Waals surface area contributed by atoms with Gasteiger partial charge < -0.3 is 0 Å². The summed E-state index contributed by atoms with van der Waals surface area (Å²) < 4.78 is 0. The third kappa shape index (κ3) is 4.12. The summed E-state index contributed by atoms with van der Waals surface area (Å²) >= 11 is 0. The molecule has 35 heavy (non-hydrogen) atoms. The van der Waals surface area contributed by atoms with Gasteiger partial charge in [-0.1, -0.05) is 64.6 Å². The van der Waals surface area contributed by atoms with Crippen LogP contribution in [0, 0.1) is 47.3 Å². The van der Waals surface area contributed by atoms with E-state index in [2.05, 4.69) is 51.4 Å². The van der Waals surface area contributed by atoms with Crippen LogP contribution in [0.4, 0.5) is 0 Å². The second-order valence-electron chi connectivity index (χ2n) is 16.9. The molecule has 0 heterocycles. The number of hydrogen-bond acceptors (Lipinski definition) is 0. The smallest absolute Gasteiger partial charge is 0.0732 e. The second kappa shape index (κ2) is 8.42. The molecule has 0 aromatic rings. The van der Waals surface area contributed by atoms with Crippen LogP contribution in [0.3, 0.4) is 0 Å². The van der Waals surface area contributed by atoms with E-state index in [0.29, 0.717) is 0 Å². The maximum absolute atomic E-state index is 2.73. The lowest BCUT2D eigenvalue weighted by atomic mass is 9.55. The van der Waals surface area contributed by atoms with Gasteiger partial charge in [0.15, 0.2) is 0 Å². The van der Waals surface area contributed by atoms with E-state index in [1.807, 2.05) is 10.8 Å². The van der Waals surface area contributed by atoms with Gasteiger partial charge in [0.25, 0.3) is 0 Å². The molecule has 8 saturated carbocycles. The molecule has 1 unspecified atom stereocenters. The van der Waals surface area contributed by atoms with Crippen molar-refractivity contribution in [3.63, 3.8) is 0 Å². The summed E-state index contributed by atoms with van der Waals surface area (Å²) in [4.78, 5) is 0. The summed E-state index contributed by atoms with van der Waals surface area (Å²) in [6, 6.07) is 0. The fourth-order valence-electron chi connectivity index (χ4n) is 11.9. The molecule has 1 atom stereocenters. The third-order valence-corrected chi connectivity index (χ3v) is 21.2. The first kappa shape index (κ1) is 24.4. The van der Waals surface area contributed by atoms with Gasteiger partial charge >= 0.3 is 0 Å². The average Bonchev–Trinajstić information content (AvgIpc) is 3.17. The molecule has 9 aliphatic carbocycles. The first-order valence-electron chi connectivity index (χ1n) is 15.7. The highest BCUT2D eigenvalue weighted by molar-refractivity contribution is 7.59. The van der Waals surface area contributed by atoms with Crippen LogP contribution in [0.2, 0.25) is 44.8 Å². The van der Waals surface area contributed by atoms with E-state index >= 15 is 0 Å². The van der Waals surface area contributed by atoms with Crippen LogP contribution in [-0.2, 0) is 0 Å². The van der Waals surface area contributed by atoms with Gasteiger partial charge in [-0.25, -0.2) is 0 Å². The Morgan fingerprint density at radius 2 is 1.03 bits per heavy atom. The van der Waals surface area contributed by atoms with Gasteiger partial charge in [0.05, 0.1) is 16.1 Å². The van der Waals surface area contributed by atoms with Crippen LogP contribution in [0.5, 0.6) is 0 Å². The first-order chi connectivity index (χ1) is 16.5. The van der Waals surface area contributed by atoms with Gasteiger partial charge in [-0.15, -0.1) is 0 Å². The highest BCUT2D eigenvalue weighted by Crippen LogP contribution is 2.71. The fraction of sp³-hybridized carbons (Fsp3) is 0.875. The van der Waals surface area contributed by atoms with E-state index in [-0.39, 0.29) is 7.92 Å². The summed E-state index contributed by atoms with van der Waals surface area (Å²) in [6.07, 6.45) is 23.3. The number of rotatable bonds is 6. The molecule has 0 aliphatic heterocycles. The average molecular weight is 525 g/mol.